The number of hydrogen-bond donors (Lipinski definition) is 1. The van der Waals surface area contributed by atoms with E-state index in [1.54, 1.807) is 12.1 Å². The van der Waals surface area contributed by atoms with Crippen molar-refractivity contribution < 1.29 is 4.39 Å². The minimum absolute atomic E-state index is 0.221. The highest BCUT2D eigenvalue weighted by Crippen LogP contribution is 2.30. The molecule has 0 spiro atoms. The summed E-state index contributed by atoms with van der Waals surface area (Å²) in [4.78, 5) is 2.54. The van der Waals surface area contributed by atoms with Gasteiger partial charge in [-0.1, -0.05) is 24.4 Å². The predicted molar refractivity (Wildman–Crippen MR) is 84.1 cm³/mol. The average Bonchev–Trinajstić information content (AvgIpc) is 2.30. The molecule has 0 atom stereocenters. The van der Waals surface area contributed by atoms with Crippen LogP contribution in [-0.2, 0) is 6.54 Å². The molecule has 19 heavy (non-hydrogen) atoms. The second kappa shape index (κ2) is 5.77. The van der Waals surface area contributed by atoms with Gasteiger partial charge in [0.1, 0.15) is 10.8 Å². The van der Waals surface area contributed by atoms with Gasteiger partial charge in [0, 0.05) is 41.3 Å². The summed E-state index contributed by atoms with van der Waals surface area (Å²) in [6.45, 7) is 7.10. The molecular weight excluding hydrogens is 279 g/mol. The zero-order valence-corrected chi connectivity index (χ0v) is 12.9. The molecule has 1 heterocycles. The van der Waals surface area contributed by atoms with Gasteiger partial charge < -0.3 is 5.73 Å². The van der Waals surface area contributed by atoms with Crippen molar-refractivity contribution in [3.8, 4) is 0 Å². The summed E-state index contributed by atoms with van der Waals surface area (Å²) in [7, 11) is 0. The molecule has 0 amide bonds. The molecule has 0 saturated carbocycles. The molecule has 2 nitrogen and oxygen atoms in total. The number of nitrogens with two attached hydrogens (primary N) is 1. The Bertz CT molecular complexity index is 488. The molecular formula is C14H19FN2S2. The van der Waals surface area contributed by atoms with Crippen LogP contribution in [0.2, 0.25) is 0 Å². The highest BCUT2D eigenvalue weighted by atomic mass is 32.2. The molecule has 104 valence electrons. The van der Waals surface area contributed by atoms with Crippen molar-refractivity contribution in [2.24, 2.45) is 5.73 Å². The monoisotopic (exact) mass is 298 g/mol. The average molecular weight is 298 g/mol. The summed E-state index contributed by atoms with van der Waals surface area (Å²) in [6, 6.07) is 5.02. The molecule has 5 heteroatoms. The Balaban J connectivity index is 2.09. The fourth-order valence-corrected chi connectivity index (χ4v) is 3.62. The third-order valence-electron chi connectivity index (χ3n) is 3.24. The van der Waals surface area contributed by atoms with E-state index in [2.05, 4.69) is 18.7 Å². The van der Waals surface area contributed by atoms with E-state index in [0.29, 0.717) is 17.7 Å². The lowest BCUT2D eigenvalue weighted by molar-refractivity contribution is 0.249. The molecule has 2 N–H and O–H groups in total. The lowest BCUT2D eigenvalue weighted by Gasteiger charge is -2.37. The number of halogens is 1. The first kappa shape index (κ1) is 14.8. The maximum absolute atomic E-state index is 14.0. The molecule has 1 aromatic rings. The zero-order chi connectivity index (χ0) is 14.0. The molecule has 0 bridgehead atoms. The third kappa shape index (κ3) is 3.91. The van der Waals surface area contributed by atoms with Gasteiger partial charge in [0.15, 0.2) is 0 Å². The quantitative estimate of drug-likeness (QED) is 0.869. The van der Waals surface area contributed by atoms with E-state index < -0.39 is 0 Å². The van der Waals surface area contributed by atoms with Gasteiger partial charge in [0.05, 0.1) is 0 Å². The maximum atomic E-state index is 14.0. The van der Waals surface area contributed by atoms with Gasteiger partial charge in [-0.05, 0) is 19.9 Å². The van der Waals surface area contributed by atoms with Crippen LogP contribution in [0, 0.1) is 5.82 Å². The number of rotatable bonds is 3. The standard InChI is InChI=1S/C14H19FN2S2/c1-14(2)9-17(5-6-19-14)8-11-4-3-10(13(16)18)7-12(11)15/h3-4,7H,5-6,8-9H2,1-2H3,(H2,16,18). The summed E-state index contributed by atoms with van der Waals surface area (Å²) in [5.41, 5.74) is 6.80. The second-order valence-electron chi connectivity index (χ2n) is 5.49. The highest BCUT2D eigenvalue weighted by Gasteiger charge is 2.27. The van der Waals surface area contributed by atoms with E-state index in [9.17, 15) is 4.39 Å². The summed E-state index contributed by atoms with van der Waals surface area (Å²) >= 11 is 6.83. The molecule has 1 saturated heterocycles. The van der Waals surface area contributed by atoms with E-state index in [-0.39, 0.29) is 15.6 Å². The van der Waals surface area contributed by atoms with E-state index >= 15 is 0 Å². The first-order chi connectivity index (χ1) is 8.87. The largest absolute Gasteiger partial charge is 0.389 e. The minimum Gasteiger partial charge on any atom is -0.389 e. The van der Waals surface area contributed by atoms with Gasteiger partial charge in [0.2, 0.25) is 0 Å². The van der Waals surface area contributed by atoms with Crippen molar-refractivity contribution in [1.29, 1.82) is 0 Å². The van der Waals surface area contributed by atoms with Crippen LogP contribution in [-0.4, -0.2) is 33.5 Å². The van der Waals surface area contributed by atoms with Gasteiger partial charge in [0.25, 0.3) is 0 Å². The summed E-state index contributed by atoms with van der Waals surface area (Å²) in [5, 5.41) is 0. The predicted octanol–water partition coefficient (Wildman–Crippen LogP) is 2.79. The first-order valence-corrected chi connectivity index (χ1v) is 7.71. The van der Waals surface area contributed by atoms with Gasteiger partial charge in [-0.3, -0.25) is 4.90 Å². The Hall–Kier alpha value is -0.650. The zero-order valence-electron chi connectivity index (χ0n) is 11.3. The molecule has 2 rings (SSSR count). The summed E-state index contributed by atoms with van der Waals surface area (Å²) in [6.07, 6.45) is 0. The van der Waals surface area contributed by atoms with Crippen LogP contribution in [0.1, 0.15) is 25.0 Å². The van der Waals surface area contributed by atoms with Crippen LogP contribution in [0.15, 0.2) is 18.2 Å². The summed E-state index contributed by atoms with van der Waals surface area (Å²) in [5.74, 6) is 0.876. The van der Waals surface area contributed by atoms with Gasteiger partial charge in [-0.2, -0.15) is 11.8 Å². The lowest BCUT2D eigenvalue weighted by Crippen LogP contribution is -2.42. The molecule has 0 aliphatic carbocycles. The summed E-state index contributed by atoms with van der Waals surface area (Å²) < 4.78 is 14.3. The number of benzene rings is 1. The van der Waals surface area contributed by atoms with Gasteiger partial charge >= 0.3 is 0 Å². The molecule has 1 aliphatic heterocycles. The van der Waals surface area contributed by atoms with Crippen LogP contribution in [0.4, 0.5) is 4.39 Å². The molecule has 1 aromatic carbocycles. The van der Waals surface area contributed by atoms with Crippen molar-refractivity contribution in [2.45, 2.75) is 25.1 Å². The number of hydrogen-bond acceptors (Lipinski definition) is 3. The molecule has 1 aliphatic rings. The molecule has 1 fully saturated rings. The molecule has 0 aromatic heterocycles. The van der Waals surface area contributed by atoms with E-state index in [4.69, 9.17) is 18.0 Å². The number of thiocarbonyl (C=S) groups is 1. The van der Waals surface area contributed by atoms with Crippen molar-refractivity contribution >= 4 is 29.0 Å². The van der Waals surface area contributed by atoms with Crippen LogP contribution in [0.5, 0.6) is 0 Å². The van der Waals surface area contributed by atoms with E-state index in [1.807, 2.05) is 11.8 Å². The fourth-order valence-electron chi connectivity index (χ4n) is 2.32. The van der Waals surface area contributed by atoms with Crippen molar-refractivity contribution in [3.05, 3.63) is 35.1 Å². The minimum atomic E-state index is -0.221. The topological polar surface area (TPSA) is 29.3 Å². The SMILES string of the molecule is CC1(C)CN(Cc2ccc(C(N)=S)cc2F)CCS1. The Labute approximate surface area is 123 Å². The molecule has 0 unspecified atom stereocenters. The Kier molecular flexibility index (Phi) is 4.48. The normalized spacial score (nSPS) is 19.3. The second-order valence-corrected chi connectivity index (χ2v) is 7.73. The number of thioether (sulfide) groups is 1. The van der Waals surface area contributed by atoms with E-state index in [1.165, 1.54) is 6.07 Å². The van der Waals surface area contributed by atoms with Crippen LogP contribution in [0.3, 0.4) is 0 Å². The lowest BCUT2D eigenvalue weighted by atomic mass is 10.1. The first-order valence-electron chi connectivity index (χ1n) is 6.32. The van der Waals surface area contributed by atoms with Crippen molar-refractivity contribution in [1.82, 2.24) is 4.90 Å². The Morgan fingerprint density at radius 3 is 2.84 bits per heavy atom. The Morgan fingerprint density at radius 2 is 2.26 bits per heavy atom. The maximum Gasteiger partial charge on any atom is 0.128 e. The molecule has 0 radical (unpaired) electrons. The van der Waals surface area contributed by atoms with Crippen LogP contribution >= 0.6 is 24.0 Å². The number of nitrogens with zero attached hydrogens (tertiary/aromatic N) is 1. The Morgan fingerprint density at radius 1 is 1.53 bits per heavy atom. The van der Waals surface area contributed by atoms with Gasteiger partial charge in [-0.15, -0.1) is 0 Å². The van der Waals surface area contributed by atoms with E-state index in [0.717, 1.165) is 18.8 Å². The van der Waals surface area contributed by atoms with Gasteiger partial charge in [-0.25, -0.2) is 4.39 Å². The third-order valence-corrected chi connectivity index (χ3v) is 4.77. The highest BCUT2D eigenvalue weighted by molar-refractivity contribution is 8.00. The van der Waals surface area contributed by atoms with Crippen LogP contribution in [0.25, 0.3) is 0 Å². The van der Waals surface area contributed by atoms with Crippen molar-refractivity contribution in [3.63, 3.8) is 0 Å². The van der Waals surface area contributed by atoms with Crippen LogP contribution < -0.4 is 5.73 Å². The smallest absolute Gasteiger partial charge is 0.128 e. The van der Waals surface area contributed by atoms with Crippen molar-refractivity contribution in [2.75, 3.05) is 18.8 Å². The fraction of sp³-hybridized carbons (Fsp3) is 0.500.